The van der Waals surface area contributed by atoms with Crippen LogP contribution in [0.5, 0.6) is 0 Å². The average molecular weight is 204 g/mol. The van der Waals surface area contributed by atoms with Crippen molar-refractivity contribution in [2.75, 3.05) is 20.1 Å². The van der Waals surface area contributed by atoms with Crippen LogP contribution < -0.4 is 0 Å². The van der Waals surface area contributed by atoms with E-state index in [0.717, 1.165) is 25.2 Å². The van der Waals surface area contributed by atoms with E-state index in [9.17, 15) is 0 Å². The van der Waals surface area contributed by atoms with Crippen molar-refractivity contribution >= 4 is 0 Å². The smallest absolute Gasteiger partial charge is 0.0338 e. The lowest BCUT2D eigenvalue weighted by Gasteiger charge is -2.35. The monoisotopic (exact) mass is 204 g/mol. The van der Waals surface area contributed by atoms with Crippen LogP contribution in [0.4, 0.5) is 0 Å². The third-order valence-corrected chi connectivity index (χ3v) is 3.14. The van der Waals surface area contributed by atoms with Crippen LogP contribution in [0.3, 0.4) is 0 Å². The third-order valence-electron chi connectivity index (χ3n) is 3.14. The van der Waals surface area contributed by atoms with Crippen LogP contribution in [0.1, 0.15) is 20.3 Å². The molecule has 82 valence electrons. The van der Waals surface area contributed by atoms with E-state index in [1.54, 1.807) is 0 Å². The van der Waals surface area contributed by atoms with Crippen molar-refractivity contribution in [1.82, 2.24) is 9.80 Å². The minimum atomic E-state index is 0.495. The van der Waals surface area contributed by atoms with Crippen molar-refractivity contribution in [3.8, 4) is 0 Å². The first-order chi connectivity index (χ1) is 7.08. The Morgan fingerprint density at radius 2 is 2.07 bits per heavy atom. The fourth-order valence-corrected chi connectivity index (χ4v) is 2.24. The van der Waals surface area contributed by atoms with Crippen molar-refractivity contribution in [1.29, 1.82) is 0 Å². The standard InChI is InChI=1S/C13H20N2/c1-10(2)15-9-13-8-14(4)6-5-12(13)7-11(15)3/h7,9-10H,3,5-6,8H2,1-2,4H3. The summed E-state index contributed by atoms with van der Waals surface area (Å²) in [6.07, 6.45) is 5.69. The number of allylic oxidation sites excluding steroid dienone is 1. The van der Waals surface area contributed by atoms with Gasteiger partial charge in [0.15, 0.2) is 0 Å². The summed E-state index contributed by atoms with van der Waals surface area (Å²) in [4.78, 5) is 4.63. The number of fused-ring (bicyclic) bond motifs is 1. The van der Waals surface area contributed by atoms with Crippen LogP contribution in [-0.4, -0.2) is 36.0 Å². The lowest BCUT2D eigenvalue weighted by atomic mass is 9.95. The number of likely N-dealkylation sites (N-methyl/N-ethyl adjacent to an activating group) is 1. The lowest BCUT2D eigenvalue weighted by Crippen LogP contribution is -2.34. The van der Waals surface area contributed by atoms with E-state index in [4.69, 9.17) is 0 Å². The first-order valence-electron chi connectivity index (χ1n) is 5.65. The fourth-order valence-electron chi connectivity index (χ4n) is 2.24. The Morgan fingerprint density at radius 3 is 2.73 bits per heavy atom. The van der Waals surface area contributed by atoms with E-state index in [1.165, 1.54) is 11.1 Å². The average Bonchev–Trinajstić information content (AvgIpc) is 2.17. The van der Waals surface area contributed by atoms with Gasteiger partial charge in [0.25, 0.3) is 0 Å². The van der Waals surface area contributed by atoms with Gasteiger partial charge in [0, 0.05) is 31.0 Å². The predicted octanol–water partition coefficient (Wildman–Crippen LogP) is 2.37. The van der Waals surface area contributed by atoms with E-state index in [-0.39, 0.29) is 0 Å². The molecule has 2 rings (SSSR count). The zero-order valence-electron chi connectivity index (χ0n) is 9.95. The van der Waals surface area contributed by atoms with Crippen LogP contribution in [-0.2, 0) is 0 Å². The van der Waals surface area contributed by atoms with Crippen LogP contribution in [0.2, 0.25) is 0 Å². The summed E-state index contributed by atoms with van der Waals surface area (Å²) in [6.45, 7) is 10.8. The lowest BCUT2D eigenvalue weighted by molar-refractivity contribution is 0.330. The van der Waals surface area contributed by atoms with Gasteiger partial charge in [-0.2, -0.15) is 0 Å². The van der Waals surface area contributed by atoms with Gasteiger partial charge in [0.05, 0.1) is 0 Å². The van der Waals surface area contributed by atoms with E-state index in [2.05, 4.69) is 49.5 Å². The molecule has 0 atom stereocenters. The SMILES string of the molecule is C=C1C=C2CCN(C)CC2=CN1C(C)C. The molecule has 0 aliphatic carbocycles. The van der Waals surface area contributed by atoms with E-state index in [1.807, 2.05) is 0 Å². The minimum Gasteiger partial charge on any atom is -0.346 e. The zero-order valence-corrected chi connectivity index (χ0v) is 9.95. The Morgan fingerprint density at radius 1 is 1.33 bits per heavy atom. The Labute approximate surface area is 92.6 Å². The van der Waals surface area contributed by atoms with Crippen LogP contribution in [0.25, 0.3) is 0 Å². The molecular weight excluding hydrogens is 184 g/mol. The van der Waals surface area contributed by atoms with Gasteiger partial charge in [-0.05, 0) is 44.5 Å². The number of rotatable bonds is 1. The van der Waals surface area contributed by atoms with Crippen molar-refractivity contribution in [2.45, 2.75) is 26.3 Å². The van der Waals surface area contributed by atoms with Gasteiger partial charge in [-0.3, -0.25) is 0 Å². The highest BCUT2D eigenvalue weighted by molar-refractivity contribution is 5.43. The Hall–Kier alpha value is -1.02. The summed E-state index contributed by atoms with van der Waals surface area (Å²) in [5.41, 5.74) is 4.08. The molecule has 0 saturated carbocycles. The molecule has 0 aromatic heterocycles. The Kier molecular flexibility index (Phi) is 2.70. The molecule has 0 amide bonds. The van der Waals surface area contributed by atoms with Gasteiger partial charge in [-0.25, -0.2) is 0 Å². The molecule has 0 unspecified atom stereocenters. The van der Waals surface area contributed by atoms with Crippen LogP contribution in [0, 0.1) is 0 Å². The summed E-state index contributed by atoms with van der Waals surface area (Å²) in [7, 11) is 2.18. The molecule has 0 bridgehead atoms. The van der Waals surface area contributed by atoms with Crippen molar-refractivity contribution < 1.29 is 0 Å². The molecule has 1 saturated heterocycles. The Bertz CT molecular complexity index is 336. The van der Waals surface area contributed by atoms with Crippen LogP contribution in [0.15, 0.2) is 35.7 Å². The van der Waals surface area contributed by atoms with Crippen LogP contribution >= 0.6 is 0 Å². The highest BCUT2D eigenvalue weighted by Gasteiger charge is 2.22. The largest absolute Gasteiger partial charge is 0.346 e. The van der Waals surface area contributed by atoms with Crippen molar-refractivity contribution in [2.24, 2.45) is 0 Å². The maximum atomic E-state index is 4.12. The number of hydrogen-bond acceptors (Lipinski definition) is 2. The van der Waals surface area contributed by atoms with Crippen molar-refractivity contribution in [3.63, 3.8) is 0 Å². The molecule has 0 spiro atoms. The molecule has 2 heterocycles. The van der Waals surface area contributed by atoms with E-state index < -0.39 is 0 Å². The first-order valence-corrected chi connectivity index (χ1v) is 5.65. The van der Waals surface area contributed by atoms with E-state index >= 15 is 0 Å². The van der Waals surface area contributed by atoms with Gasteiger partial charge in [0.1, 0.15) is 0 Å². The summed E-state index contributed by atoms with van der Waals surface area (Å²) in [5, 5.41) is 0. The number of piperidine rings is 1. The van der Waals surface area contributed by atoms with Crippen molar-refractivity contribution in [3.05, 3.63) is 35.7 Å². The number of nitrogens with zero attached hydrogens (tertiary/aromatic N) is 2. The van der Waals surface area contributed by atoms with Gasteiger partial charge in [0.2, 0.25) is 0 Å². The number of likely N-dealkylation sites (tertiary alicyclic amines) is 1. The molecule has 0 aromatic carbocycles. The van der Waals surface area contributed by atoms with E-state index in [0.29, 0.717) is 6.04 Å². The molecule has 1 fully saturated rings. The molecule has 2 heteroatoms. The maximum absolute atomic E-state index is 4.12. The minimum absolute atomic E-state index is 0.495. The van der Waals surface area contributed by atoms with Gasteiger partial charge < -0.3 is 9.80 Å². The quantitative estimate of drug-likeness (QED) is 0.647. The molecular formula is C13H20N2. The fraction of sp³-hybridized carbons (Fsp3) is 0.538. The van der Waals surface area contributed by atoms with Gasteiger partial charge >= 0.3 is 0 Å². The summed E-state index contributed by atoms with van der Waals surface area (Å²) < 4.78 is 0. The predicted molar refractivity (Wildman–Crippen MR) is 64.4 cm³/mol. The number of hydrogen-bond donors (Lipinski definition) is 0. The zero-order chi connectivity index (χ0) is 11.0. The summed E-state index contributed by atoms with van der Waals surface area (Å²) in [6, 6.07) is 0.495. The molecule has 0 N–H and O–H groups in total. The molecule has 2 aliphatic rings. The maximum Gasteiger partial charge on any atom is 0.0338 e. The third kappa shape index (κ3) is 2.00. The second-order valence-electron chi connectivity index (χ2n) is 4.80. The summed E-state index contributed by atoms with van der Waals surface area (Å²) in [5.74, 6) is 0. The summed E-state index contributed by atoms with van der Waals surface area (Å²) >= 11 is 0. The van der Waals surface area contributed by atoms with Gasteiger partial charge in [-0.1, -0.05) is 6.58 Å². The van der Waals surface area contributed by atoms with Gasteiger partial charge in [-0.15, -0.1) is 0 Å². The Balaban J connectivity index is 2.25. The second kappa shape index (κ2) is 3.86. The normalized spacial score (nSPS) is 22.7. The highest BCUT2D eigenvalue weighted by Crippen LogP contribution is 2.29. The molecule has 0 radical (unpaired) electrons. The first kappa shape index (κ1) is 10.5. The molecule has 0 aromatic rings. The topological polar surface area (TPSA) is 6.48 Å². The molecule has 2 aliphatic heterocycles. The molecule has 2 nitrogen and oxygen atoms in total. The molecule has 15 heavy (non-hydrogen) atoms. The second-order valence-corrected chi connectivity index (χ2v) is 4.80. The highest BCUT2D eigenvalue weighted by atomic mass is 15.2.